The van der Waals surface area contributed by atoms with E-state index in [0.29, 0.717) is 5.56 Å². The van der Waals surface area contributed by atoms with Gasteiger partial charge in [0.2, 0.25) is 0 Å². The maximum Gasteiger partial charge on any atom is 0.262 e. The van der Waals surface area contributed by atoms with Crippen molar-refractivity contribution in [2.24, 2.45) is 0 Å². The SMILES string of the molecule is Cc1ccc(NS(=O)(=O)c2ccc(F)c(C#N)c2)c(F)c1. The minimum absolute atomic E-state index is 0.219. The zero-order valence-electron chi connectivity index (χ0n) is 10.9. The number of benzene rings is 2. The molecule has 0 radical (unpaired) electrons. The Morgan fingerprint density at radius 3 is 2.43 bits per heavy atom. The van der Waals surface area contributed by atoms with Crippen LogP contribution in [-0.2, 0) is 10.0 Å². The number of halogens is 2. The van der Waals surface area contributed by atoms with Crippen molar-refractivity contribution in [1.29, 1.82) is 5.26 Å². The Morgan fingerprint density at radius 1 is 1.10 bits per heavy atom. The summed E-state index contributed by atoms with van der Waals surface area (Å²) in [6, 6.07) is 8.34. The summed E-state index contributed by atoms with van der Waals surface area (Å²) in [7, 11) is -4.11. The van der Waals surface area contributed by atoms with Gasteiger partial charge in [-0.2, -0.15) is 5.26 Å². The maximum atomic E-state index is 13.7. The second kappa shape index (κ2) is 5.50. The molecule has 0 amide bonds. The van der Waals surface area contributed by atoms with Crippen LogP contribution in [0.25, 0.3) is 0 Å². The molecule has 0 atom stereocenters. The number of sulfonamides is 1. The summed E-state index contributed by atoms with van der Waals surface area (Å²) < 4.78 is 53.1. The first-order valence-corrected chi connectivity index (χ1v) is 7.30. The van der Waals surface area contributed by atoms with Gasteiger partial charge in [-0.1, -0.05) is 6.07 Å². The fraction of sp³-hybridized carbons (Fsp3) is 0.0714. The lowest BCUT2D eigenvalue weighted by Gasteiger charge is -2.09. The highest BCUT2D eigenvalue weighted by atomic mass is 32.2. The monoisotopic (exact) mass is 308 g/mol. The summed E-state index contributed by atoms with van der Waals surface area (Å²) in [4.78, 5) is -0.319. The number of nitrogens with zero attached hydrogens (tertiary/aromatic N) is 1. The van der Waals surface area contributed by atoms with Gasteiger partial charge in [-0.15, -0.1) is 0 Å². The van der Waals surface area contributed by atoms with E-state index in [1.807, 2.05) is 0 Å². The van der Waals surface area contributed by atoms with E-state index in [9.17, 15) is 17.2 Å². The van der Waals surface area contributed by atoms with Crippen LogP contribution in [0, 0.1) is 29.9 Å². The van der Waals surface area contributed by atoms with Gasteiger partial charge in [0.05, 0.1) is 16.1 Å². The average Bonchev–Trinajstić information content (AvgIpc) is 2.42. The van der Waals surface area contributed by atoms with Crippen molar-refractivity contribution in [3.05, 3.63) is 59.2 Å². The van der Waals surface area contributed by atoms with Gasteiger partial charge in [0, 0.05) is 0 Å². The molecular weight excluding hydrogens is 298 g/mol. The van der Waals surface area contributed by atoms with Crippen LogP contribution in [-0.4, -0.2) is 8.42 Å². The highest BCUT2D eigenvalue weighted by Crippen LogP contribution is 2.21. The summed E-state index contributed by atoms with van der Waals surface area (Å²) in [6.07, 6.45) is 0. The molecule has 2 rings (SSSR count). The van der Waals surface area contributed by atoms with Crippen molar-refractivity contribution in [2.45, 2.75) is 11.8 Å². The molecule has 0 unspecified atom stereocenters. The molecule has 0 fully saturated rings. The van der Waals surface area contributed by atoms with E-state index in [1.165, 1.54) is 12.1 Å². The van der Waals surface area contributed by atoms with Crippen LogP contribution in [0.5, 0.6) is 0 Å². The molecule has 0 aromatic heterocycles. The lowest BCUT2D eigenvalue weighted by Crippen LogP contribution is -2.14. The summed E-state index contributed by atoms with van der Waals surface area (Å²) in [5.74, 6) is -1.54. The molecule has 0 saturated carbocycles. The predicted molar refractivity (Wildman–Crippen MR) is 73.1 cm³/mol. The van der Waals surface area contributed by atoms with E-state index in [4.69, 9.17) is 5.26 Å². The van der Waals surface area contributed by atoms with Crippen molar-refractivity contribution < 1.29 is 17.2 Å². The van der Waals surface area contributed by atoms with Crippen LogP contribution in [0.1, 0.15) is 11.1 Å². The predicted octanol–water partition coefficient (Wildman–Crippen LogP) is 2.95. The lowest BCUT2D eigenvalue weighted by molar-refractivity contribution is 0.596. The minimum Gasteiger partial charge on any atom is -0.277 e. The van der Waals surface area contributed by atoms with Gasteiger partial charge in [0.1, 0.15) is 17.7 Å². The molecule has 0 spiro atoms. The molecular formula is C14H10F2N2O2S. The van der Waals surface area contributed by atoms with Crippen LogP contribution in [0.15, 0.2) is 41.3 Å². The third-order valence-electron chi connectivity index (χ3n) is 2.74. The third kappa shape index (κ3) is 3.17. The minimum atomic E-state index is -4.11. The fourth-order valence-corrected chi connectivity index (χ4v) is 2.76. The highest BCUT2D eigenvalue weighted by molar-refractivity contribution is 7.92. The van der Waals surface area contributed by atoms with Gasteiger partial charge in [-0.25, -0.2) is 17.2 Å². The van der Waals surface area contributed by atoms with E-state index in [2.05, 4.69) is 4.72 Å². The number of anilines is 1. The van der Waals surface area contributed by atoms with E-state index in [0.717, 1.165) is 18.2 Å². The summed E-state index contributed by atoms with van der Waals surface area (Å²) in [5.41, 5.74) is 0.0229. The van der Waals surface area contributed by atoms with Crippen molar-refractivity contribution >= 4 is 15.7 Å². The quantitative estimate of drug-likeness (QED) is 0.947. The molecule has 0 aliphatic heterocycles. The summed E-state index contributed by atoms with van der Waals surface area (Å²) in [5, 5.41) is 8.71. The maximum absolute atomic E-state index is 13.7. The van der Waals surface area contributed by atoms with Gasteiger partial charge in [0.25, 0.3) is 10.0 Å². The van der Waals surface area contributed by atoms with Gasteiger partial charge in [-0.05, 0) is 42.8 Å². The molecule has 21 heavy (non-hydrogen) atoms. The van der Waals surface area contributed by atoms with Crippen molar-refractivity contribution in [3.63, 3.8) is 0 Å². The molecule has 4 nitrogen and oxygen atoms in total. The first kappa shape index (κ1) is 14.9. The van der Waals surface area contributed by atoms with Crippen molar-refractivity contribution in [2.75, 3.05) is 4.72 Å². The Kier molecular flexibility index (Phi) is 3.91. The second-order valence-electron chi connectivity index (χ2n) is 4.34. The summed E-state index contributed by atoms with van der Waals surface area (Å²) in [6.45, 7) is 1.67. The smallest absolute Gasteiger partial charge is 0.262 e. The molecule has 0 aliphatic carbocycles. The number of hydrogen-bond donors (Lipinski definition) is 1. The number of nitriles is 1. The van der Waals surface area contributed by atoms with E-state index in [-0.39, 0.29) is 10.6 Å². The molecule has 0 heterocycles. The van der Waals surface area contributed by atoms with E-state index in [1.54, 1.807) is 19.1 Å². The first-order valence-electron chi connectivity index (χ1n) is 5.82. The highest BCUT2D eigenvalue weighted by Gasteiger charge is 2.18. The Bertz CT molecular complexity index is 843. The van der Waals surface area contributed by atoms with Gasteiger partial charge < -0.3 is 0 Å². The molecule has 2 aromatic rings. The fourth-order valence-electron chi connectivity index (χ4n) is 1.66. The first-order chi connectivity index (χ1) is 9.83. The Hall–Kier alpha value is -2.46. The Balaban J connectivity index is 2.41. The van der Waals surface area contributed by atoms with Crippen LogP contribution < -0.4 is 4.72 Å². The zero-order valence-corrected chi connectivity index (χ0v) is 11.7. The third-order valence-corrected chi connectivity index (χ3v) is 4.10. The molecule has 0 bridgehead atoms. The normalized spacial score (nSPS) is 11.0. The van der Waals surface area contributed by atoms with Crippen LogP contribution in [0.3, 0.4) is 0 Å². The van der Waals surface area contributed by atoms with Gasteiger partial charge in [-0.3, -0.25) is 4.72 Å². The van der Waals surface area contributed by atoms with Gasteiger partial charge in [0.15, 0.2) is 0 Å². The molecule has 0 saturated heterocycles. The van der Waals surface area contributed by atoms with E-state index < -0.39 is 27.2 Å². The average molecular weight is 308 g/mol. The number of hydrogen-bond acceptors (Lipinski definition) is 3. The topological polar surface area (TPSA) is 70.0 Å². The Morgan fingerprint density at radius 2 is 1.81 bits per heavy atom. The van der Waals surface area contributed by atoms with Crippen molar-refractivity contribution in [1.82, 2.24) is 0 Å². The lowest BCUT2D eigenvalue weighted by atomic mass is 10.2. The van der Waals surface area contributed by atoms with Crippen molar-refractivity contribution in [3.8, 4) is 6.07 Å². The molecule has 7 heteroatoms. The number of rotatable bonds is 3. The van der Waals surface area contributed by atoms with Gasteiger partial charge >= 0.3 is 0 Å². The van der Waals surface area contributed by atoms with E-state index >= 15 is 0 Å². The summed E-state index contributed by atoms with van der Waals surface area (Å²) >= 11 is 0. The van der Waals surface area contributed by atoms with Crippen LogP contribution >= 0.6 is 0 Å². The molecule has 0 aliphatic rings. The molecule has 108 valence electrons. The van der Waals surface area contributed by atoms with Crippen LogP contribution in [0.2, 0.25) is 0 Å². The second-order valence-corrected chi connectivity index (χ2v) is 6.02. The standard InChI is InChI=1S/C14H10F2N2O2S/c1-9-2-5-14(13(16)6-9)18-21(19,20)11-3-4-12(15)10(7-11)8-17/h2-7,18H,1H3. The van der Waals surface area contributed by atoms with Crippen LogP contribution in [0.4, 0.5) is 14.5 Å². The molecule has 1 N–H and O–H groups in total. The largest absolute Gasteiger partial charge is 0.277 e. The molecule has 2 aromatic carbocycles. The Labute approximate surface area is 120 Å². The number of nitrogens with one attached hydrogen (secondary N) is 1. The zero-order chi connectivity index (χ0) is 15.6. The number of aryl methyl sites for hydroxylation is 1.